The van der Waals surface area contributed by atoms with Crippen molar-refractivity contribution >= 4 is 0 Å². The molecule has 0 fully saturated rings. The Morgan fingerprint density at radius 2 is 1.93 bits per heavy atom. The van der Waals surface area contributed by atoms with Crippen LogP contribution in [0.5, 0.6) is 0 Å². The molecule has 0 bridgehead atoms. The minimum absolute atomic E-state index is 0.135. The average Bonchev–Trinajstić information content (AvgIpc) is 2.03. The summed E-state index contributed by atoms with van der Waals surface area (Å²) in [7, 11) is 0. The highest BCUT2D eigenvalue weighted by Crippen LogP contribution is 2.29. The Bertz CT molecular complexity index is 155. The molecule has 0 aliphatic heterocycles. The first-order valence-corrected chi connectivity index (χ1v) is 5.67. The molecule has 0 aromatic heterocycles. The summed E-state index contributed by atoms with van der Waals surface area (Å²) in [6.07, 6.45) is 5.68. The molecular weight excluding hydrogens is 172 g/mol. The van der Waals surface area contributed by atoms with Gasteiger partial charge in [0.25, 0.3) is 0 Å². The molecule has 0 saturated heterocycles. The Morgan fingerprint density at radius 3 is 2.36 bits per heavy atom. The van der Waals surface area contributed by atoms with Gasteiger partial charge in [0.2, 0.25) is 0 Å². The topological polar surface area (TPSA) is 20.2 Å². The fourth-order valence-electron chi connectivity index (χ4n) is 1.38. The van der Waals surface area contributed by atoms with E-state index in [0.717, 1.165) is 25.7 Å². The fraction of sp³-hybridized carbons (Fsp3) is 0.846. The number of aliphatic hydroxyl groups excluding tert-OH is 1. The molecule has 1 nitrogen and oxygen atoms in total. The van der Waals surface area contributed by atoms with Gasteiger partial charge in [0.1, 0.15) is 0 Å². The third kappa shape index (κ3) is 6.20. The molecule has 1 heteroatoms. The van der Waals surface area contributed by atoms with Crippen LogP contribution in [0, 0.1) is 11.3 Å². The Hall–Kier alpha value is -0.300. The lowest BCUT2D eigenvalue weighted by Crippen LogP contribution is -2.22. The maximum Gasteiger partial charge on any atom is 0.0543 e. The van der Waals surface area contributed by atoms with Gasteiger partial charge in [-0.25, -0.2) is 0 Å². The van der Waals surface area contributed by atoms with E-state index in [2.05, 4.69) is 34.3 Å². The van der Waals surface area contributed by atoms with Crippen molar-refractivity contribution in [2.24, 2.45) is 11.3 Å². The molecule has 14 heavy (non-hydrogen) atoms. The molecular formula is C13H26O. The molecule has 84 valence electrons. The van der Waals surface area contributed by atoms with Crippen molar-refractivity contribution < 1.29 is 5.11 Å². The standard InChI is InChI=1S/C13H26O/c1-6-7-8-9-12(14)10-11(2)13(3,4)5/h6,11-12,14H,1,7-10H2,2-5H3. The van der Waals surface area contributed by atoms with Crippen LogP contribution in [0.15, 0.2) is 12.7 Å². The third-order valence-corrected chi connectivity index (χ3v) is 3.05. The van der Waals surface area contributed by atoms with Crippen molar-refractivity contribution in [2.45, 2.75) is 59.5 Å². The summed E-state index contributed by atoms with van der Waals surface area (Å²) in [6, 6.07) is 0. The van der Waals surface area contributed by atoms with Crippen molar-refractivity contribution in [3.8, 4) is 0 Å². The molecule has 0 spiro atoms. The lowest BCUT2D eigenvalue weighted by molar-refractivity contribution is 0.102. The van der Waals surface area contributed by atoms with E-state index in [1.807, 2.05) is 6.08 Å². The highest BCUT2D eigenvalue weighted by Gasteiger charge is 2.22. The van der Waals surface area contributed by atoms with Crippen molar-refractivity contribution in [1.82, 2.24) is 0 Å². The maximum absolute atomic E-state index is 9.78. The molecule has 0 amide bonds. The highest BCUT2D eigenvalue weighted by molar-refractivity contribution is 4.74. The number of rotatable bonds is 6. The Balaban J connectivity index is 3.71. The van der Waals surface area contributed by atoms with Gasteiger partial charge in [0, 0.05) is 0 Å². The summed E-state index contributed by atoms with van der Waals surface area (Å²) < 4.78 is 0. The Kier molecular flexibility index (Phi) is 6.10. The van der Waals surface area contributed by atoms with Gasteiger partial charge in [-0.1, -0.05) is 33.8 Å². The van der Waals surface area contributed by atoms with Crippen LogP contribution in [0.3, 0.4) is 0 Å². The maximum atomic E-state index is 9.78. The molecule has 0 saturated carbocycles. The minimum Gasteiger partial charge on any atom is -0.393 e. The van der Waals surface area contributed by atoms with E-state index >= 15 is 0 Å². The van der Waals surface area contributed by atoms with Gasteiger partial charge < -0.3 is 5.11 Å². The van der Waals surface area contributed by atoms with E-state index in [1.165, 1.54) is 0 Å². The van der Waals surface area contributed by atoms with Crippen LogP contribution in [0.2, 0.25) is 0 Å². The third-order valence-electron chi connectivity index (χ3n) is 3.05. The van der Waals surface area contributed by atoms with Crippen LogP contribution < -0.4 is 0 Å². The SMILES string of the molecule is C=CCCCC(O)CC(C)C(C)(C)C. The first kappa shape index (κ1) is 13.7. The normalized spacial score (nSPS) is 16.4. The molecule has 0 aliphatic carbocycles. The second-order valence-electron chi connectivity index (χ2n) is 5.38. The first-order valence-electron chi connectivity index (χ1n) is 5.67. The van der Waals surface area contributed by atoms with Crippen LogP contribution >= 0.6 is 0 Å². The van der Waals surface area contributed by atoms with Gasteiger partial charge in [0.15, 0.2) is 0 Å². The van der Waals surface area contributed by atoms with Crippen molar-refractivity contribution in [2.75, 3.05) is 0 Å². The van der Waals surface area contributed by atoms with Crippen LogP contribution in [0.25, 0.3) is 0 Å². The highest BCUT2D eigenvalue weighted by atomic mass is 16.3. The Labute approximate surface area is 89.2 Å². The summed E-state index contributed by atoms with van der Waals surface area (Å²) >= 11 is 0. The average molecular weight is 198 g/mol. The molecule has 0 rings (SSSR count). The van der Waals surface area contributed by atoms with E-state index < -0.39 is 0 Å². The number of aliphatic hydroxyl groups is 1. The molecule has 0 aliphatic rings. The van der Waals surface area contributed by atoms with E-state index in [0.29, 0.717) is 11.3 Å². The van der Waals surface area contributed by atoms with Crippen molar-refractivity contribution in [1.29, 1.82) is 0 Å². The molecule has 2 unspecified atom stereocenters. The molecule has 1 N–H and O–H groups in total. The summed E-state index contributed by atoms with van der Waals surface area (Å²) in [5.41, 5.74) is 0.305. The van der Waals surface area contributed by atoms with E-state index in [1.54, 1.807) is 0 Å². The summed E-state index contributed by atoms with van der Waals surface area (Å²) in [4.78, 5) is 0. The van der Waals surface area contributed by atoms with Crippen molar-refractivity contribution in [3.63, 3.8) is 0 Å². The van der Waals surface area contributed by atoms with Crippen LogP contribution in [0.1, 0.15) is 53.4 Å². The van der Waals surface area contributed by atoms with E-state index in [9.17, 15) is 5.11 Å². The molecule has 2 atom stereocenters. The lowest BCUT2D eigenvalue weighted by atomic mass is 9.78. The lowest BCUT2D eigenvalue weighted by Gasteiger charge is -2.29. The second kappa shape index (κ2) is 6.23. The Morgan fingerprint density at radius 1 is 1.36 bits per heavy atom. The fourth-order valence-corrected chi connectivity index (χ4v) is 1.38. The quantitative estimate of drug-likeness (QED) is 0.509. The van der Waals surface area contributed by atoms with Gasteiger partial charge in [-0.15, -0.1) is 6.58 Å². The number of hydrogen-bond acceptors (Lipinski definition) is 1. The van der Waals surface area contributed by atoms with Gasteiger partial charge in [0.05, 0.1) is 6.10 Å². The van der Waals surface area contributed by atoms with Gasteiger partial charge in [-0.2, -0.15) is 0 Å². The first-order chi connectivity index (χ1) is 6.38. The van der Waals surface area contributed by atoms with Crippen LogP contribution in [-0.2, 0) is 0 Å². The number of allylic oxidation sites excluding steroid dienone is 1. The zero-order valence-corrected chi connectivity index (χ0v) is 10.2. The van der Waals surface area contributed by atoms with E-state index in [-0.39, 0.29) is 6.10 Å². The smallest absolute Gasteiger partial charge is 0.0543 e. The summed E-state index contributed by atoms with van der Waals surface area (Å²) in [5.74, 6) is 0.571. The molecule has 0 radical (unpaired) electrons. The zero-order valence-electron chi connectivity index (χ0n) is 10.2. The van der Waals surface area contributed by atoms with Crippen molar-refractivity contribution in [3.05, 3.63) is 12.7 Å². The van der Waals surface area contributed by atoms with Gasteiger partial charge in [-0.3, -0.25) is 0 Å². The summed E-state index contributed by atoms with van der Waals surface area (Å²) in [5, 5.41) is 9.78. The van der Waals surface area contributed by atoms with Crippen LogP contribution in [0.4, 0.5) is 0 Å². The number of unbranched alkanes of at least 4 members (excludes halogenated alkanes) is 1. The monoisotopic (exact) mass is 198 g/mol. The van der Waals surface area contributed by atoms with Gasteiger partial charge >= 0.3 is 0 Å². The number of hydrogen-bond donors (Lipinski definition) is 1. The van der Waals surface area contributed by atoms with Gasteiger partial charge in [-0.05, 0) is 37.0 Å². The summed E-state index contributed by atoms with van der Waals surface area (Å²) in [6.45, 7) is 12.6. The largest absolute Gasteiger partial charge is 0.393 e. The van der Waals surface area contributed by atoms with Crippen LogP contribution in [-0.4, -0.2) is 11.2 Å². The second-order valence-corrected chi connectivity index (χ2v) is 5.38. The minimum atomic E-state index is -0.135. The predicted octanol–water partition coefficient (Wildman–Crippen LogP) is 3.78. The molecule has 0 aromatic rings. The van der Waals surface area contributed by atoms with E-state index in [4.69, 9.17) is 0 Å². The predicted molar refractivity (Wildman–Crippen MR) is 63.3 cm³/mol. The molecule has 0 heterocycles. The molecule has 0 aromatic carbocycles. The zero-order chi connectivity index (χ0) is 11.2.